The number of anilines is 1. The molecule has 5 heteroatoms. The molecule has 82 valence electrons. The SMILES string of the molecule is CN1c2ccccc2S(=O)(=O)CC1CO. The maximum atomic E-state index is 11.9. The third-order valence-corrected chi connectivity index (χ3v) is 4.59. The third kappa shape index (κ3) is 1.61. The molecule has 0 aromatic heterocycles. The number of hydrogen-bond donors (Lipinski definition) is 1. The van der Waals surface area contributed by atoms with Gasteiger partial charge < -0.3 is 10.0 Å². The highest BCUT2D eigenvalue weighted by atomic mass is 32.2. The minimum Gasteiger partial charge on any atom is -0.394 e. The third-order valence-electron chi connectivity index (χ3n) is 2.75. The molecule has 2 rings (SSSR count). The van der Waals surface area contributed by atoms with Crippen LogP contribution in [0.4, 0.5) is 5.69 Å². The topological polar surface area (TPSA) is 57.6 Å². The Kier molecular flexibility index (Phi) is 2.44. The summed E-state index contributed by atoms with van der Waals surface area (Å²) < 4.78 is 23.7. The first-order valence-electron chi connectivity index (χ1n) is 4.72. The molecule has 1 aromatic carbocycles. The van der Waals surface area contributed by atoms with Crippen LogP contribution in [0.1, 0.15) is 0 Å². The van der Waals surface area contributed by atoms with E-state index in [-0.39, 0.29) is 18.4 Å². The van der Waals surface area contributed by atoms with Crippen LogP contribution in [0.5, 0.6) is 0 Å². The fraction of sp³-hybridized carbons (Fsp3) is 0.400. The minimum atomic E-state index is -3.24. The van der Waals surface area contributed by atoms with Crippen LogP contribution in [0, 0.1) is 0 Å². The van der Waals surface area contributed by atoms with Crippen molar-refractivity contribution in [2.75, 3.05) is 24.3 Å². The predicted molar refractivity (Wildman–Crippen MR) is 57.8 cm³/mol. The highest BCUT2D eigenvalue weighted by Crippen LogP contribution is 2.31. The quantitative estimate of drug-likeness (QED) is 0.748. The van der Waals surface area contributed by atoms with Crippen molar-refractivity contribution in [3.8, 4) is 0 Å². The zero-order valence-electron chi connectivity index (χ0n) is 8.42. The molecule has 1 aromatic rings. The number of hydrogen-bond acceptors (Lipinski definition) is 4. The molecule has 0 saturated carbocycles. The van der Waals surface area contributed by atoms with E-state index in [9.17, 15) is 8.42 Å². The molecule has 1 aliphatic heterocycles. The van der Waals surface area contributed by atoms with Crippen molar-refractivity contribution in [3.63, 3.8) is 0 Å². The number of aliphatic hydroxyl groups is 1. The van der Waals surface area contributed by atoms with Crippen molar-refractivity contribution >= 4 is 15.5 Å². The van der Waals surface area contributed by atoms with Crippen LogP contribution in [-0.2, 0) is 9.84 Å². The summed E-state index contributed by atoms with van der Waals surface area (Å²) in [5.41, 5.74) is 0.669. The average molecular weight is 227 g/mol. The van der Waals surface area contributed by atoms with E-state index < -0.39 is 9.84 Å². The summed E-state index contributed by atoms with van der Waals surface area (Å²) in [6.45, 7) is -0.149. The zero-order chi connectivity index (χ0) is 11.1. The molecule has 1 heterocycles. The standard InChI is InChI=1S/C10H13NO3S/c1-11-8(6-12)7-15(13,14)10-5-3-2-4-9(10)11/h2-5,8,12H,6-7H2,1H3. The van der Waals surface area contributed by atoms with Crippen molar-refractivity contribution < 1.29 is 13.5 Å². The first-order valence-corrected chi connectivity index (χ1v) is 6.37. The lowest BCUT2D eigenvalue weighted by Crippen LogP contribution is -2.44. The number of fused-ring (bicyclic) bond motifs is 1. The van der Waals surface area contributed by atoms with E-state index in [1.165, 1.54) is 0 Å². The number of sulfone groups is 1. The first-order chi connectivity index (χ1) is 7.06. The largest absolute Gasteiger partial charge is 0.394 e. The van der Waals surface area contributed by atoms with E-state index in [1.807, 2.05) is 4.90 Å². The summed E-state index contributed by atoms with van der Waals surface area (Å²) in [4.78, 5) is 2.17. The molecule has 15 heavy (non-hydrogen) atoms. The Bertz CT molecular complexity index is 469. The highest BCUT2D eigenvalue weighted by Gasteiger charge is 2.32. The molecular weight excluding hydrogens is 214 g/mol. The summed E-state index contributed by atoms with van der Waals surface area (Å²) >= 11 is 0. The van der Waals surface area contributed by atoms with Crippen LogP contribution in [0.25, 0.3) is 0 Å². The molecule has 1 N–H and O–H groups in total. The molecule has 0 bridgehead atoms. The zero-order valence-corrected chi connectivity index (χ0v) is 9.24. The Morgan fingerprint density at radius 1 is 1.47 bits per heavy atom. The van der Waals surface area contributed by atoms with Gasteiger partial charge in [0, 0.05) is 7.05 Å². The van der Waals surface area contributed by atoms with Gasteiger partial charge in [-0.05, 0) is 12.1 Å². The van der Waals surface area contributed by atoms with E-state index >= 15 is 0 Å². The molecular formula is C10H13NO3S. The Hall–Kier alpha value is -1.07. The molecule has 0 aliphatic carbocycles. The van der Waals surface area contributed by atoms with Gasteiger partial charge >= 0.3 is 0 Å². The van der Waals surface area contributed by atoms with Gasteiger partial charge in [-0.25, -0.2) is 8.42 Å². The second kappa shape index (κ2) is 3.50. The summed E-state index contributed by atoms with van der Waals surface area (Å²) in [5.74, 6) is -0.0169. The number of rotatable bonds is 1. The van der Waals surface area contributed by atoms with Gasteiger partial charge in [0.05, 0.1) is 29.0 Å². The van der Waals surface area contributed by atoms with Crippen LogP contribution in [0.3, 0.4) is 0 Å². The Balaban J connectivity index is 2.60. The van der Waals surface area contributed by atoms with Gasteiger partial charge in [-0.3, -0.25) is 0 Å². The fourth-order valence-electron chi connectivity index (χ4n) is 1.84. The lowest BCUT2D eigenvalue weighted by Gasteiger charge is -2.34. The van der Waals surface area contributed by atoms with Gasteiger partial charge in [-0.1, -0.05) is 12.1 Å². The van der Waals surface area contributed by atoms with E-state index in [2.05, 4.69) is 0 Å². The lowest BCUT2D eigenvalue weighted by molar-refractivity contribution is 0.269. The average Bonchev–Trinajstić information content (AvgIpc) is 2.24. The molecule has 1 atom stereocenters. The number of benzene rings is 1. The predicted octanol–water partition coefficient (Wildman–Crippen LogP) is 0.271. The molecule has 0 spiro atoms. The number of likely N-dealkylation sites (N-methyl/N-ethyl adjacent to an activating group) is 1. The highest BCUT2D eigenvalue weighted by molar-refractivity contribution is 7.91. The van der Waals surface area contributed by atoms with E-state index in [0.29, 0.717) is 10.6 Å². The van der Waals surface area contributed by atoms with Crippen LogP contribution in [0.2, 0.25) is 0 Å². The summed E-state index contributed by atoms with van der Waals surface area (Å²) in [7, 11) is -1.44. The summed E-state index contributed by atoms with van der Waals surface area (Å²) in [5, 5.41) is 9.11. The second-order valence-corrected chi connectivity index (χ2v) is 5.70. The van der Waals surface area contributed by atoms with Gasteiger partial charge in [-0.2, -0.15) is 0 Å². The maximum Gasteiger partial charge on any atom is 0.182 e. The minimum absolute atomic E-state index is 0.0169. The first kappa shape index (κ1) is 10.4. The number of nitrogens with zero attached hydrogens (tertiary/aromatic N) is 1. The van der Waals surface area contributed by atoms with Crippen molar-refractivity contribution in [1.29, 1.82) is 0 Å². The van der Waals surface area contributed by atoms with Crippen molar-refractivity contribution in [2.24, 2.45) is 0 Å². The molecule has 0 fully saturated rings. The maximum absolute atomic E-state index is 11.9. The van der Waals surface area contributed by atoms with Crippen molar-refractivity contribution in [2.45, 2.75) is 10.9 Å². The molecule has 0 radical (unpaired) electrons. The lowest BCUT2D eigenvalue weighted by atomic mass is 10.2. The van der Waals surface area contributed by atoms with Crippen molar-refractivity contribution in [1.82, 2.24) is 0 Å². The van der Waals surface area contributed by atoms with E-state index in [0.717, 1.165) is 0 Å². The number of para-hydroxylation sites is 1. The van der Waals surface area contributed by atoms with E-state index in [1.54, 1.807) is 31.3 Å². The van der Waals surface area contributed by atoms with Gasteiger partial charge in [0.25, 0.3) is 0 Å². The van der Waals surface area contributed by atoms with Gasteiger partial charge in [0.2, 0.25) is 0 Å². The normalized spacial score (nSPS) is 23.6. The molecule has 0 amide bonds. The smallest absolute Gasteiger partial charge is 0.182 e. The molecule has 1 unspecified atom stereocenters. The summed E-state index contributed by atoms with van der Waals surface area (Å²) in [6.07, 6.45) is 0. The number of aliphatic hydroxyl groups excluding tert-OH is 1. The van der Waals surface area contributed by atoms with Crippen LogP contribution in [0.15, 0.2) is 29.2 Å². The van der Waals surface area contributed by atoms with Gasteiger partial charge in [-0.15, -0.1) is 0 Å². The molecule has 4 nitrogen and oxygen atoms in total. The van der Waals surface area contributed by atoms with Crippen molar-refractivity contribution in [3.05, 3.63) is 24.3 Å². The second-order valence-electron chi connectivity index (χ2n) is 3.70. The van der Waals surface area contributed by atoms with Gasteiger partial charge in [0.15, 0.2) is 9.84 Å². The summed E-state index contributed by atoms with van der Waals surface area (Å²) in [6, 6.07) is 6.53. The fourth-order valence-corrected chi connectivity index (χ4v) is 3.67. The van der Waals surface area contributed by atoms with Crippen LogP contribution < -0.4 is 4.90 Å². The van der Waals surface area contributed by atoms with Gasteiger partial charge in [0.1, 0.15) is 0 Å². The Morgan fingerprint density at radius 3 is 2.80 bits per heavy atom. The molecule has 1 aliphatic rings. The van der Waals surface area contributed by atoms with Crippen LogP contribution in [-0.4, -0.2) is 39.0 Å². The Morgan fingerprint density at radius 2 is 2.13 bits per heavy atom. The monoisotopic (exact) mass is 227 g/mol. The molecule has 0 saturated heterocycles. The Labute approximate surface area is 89.1 Å². The van der Waals surface area contributed by atoms with E-state index in [4.69, 9.17) is 5.11 Å². The van der Waals surface area contributed by atoms with Crippen LogP contribution >= 0.6 is 0 Å².